The van der Waals surface area contributed by atoms with Crippen LogP contribution in [0.4, 0.5) is 0 Å². The number of nitrogens with one attached hydrogen (secondary N) is 1. The molecule has 0 aromatic heterocycles. The van der Waals surface area contributed by atoms with Crippen molar-refractivity contribution in [1.82, 2.24) is 10.2 Å². The monoisotopic (exact) mass is 528 g/mol. The predicted octanol–water partition coefficient (Wildman–Crippen LogP) is 5.69. The summed E-state index contributed by atoms with van der Waals surface area (Å²) in [5.41, 5.74) is 2.34. The van der Waals surface area contributed by atoms with E-state index in [0.717, 1.165) is 42.1 Å². The number of rotatable bonds is 11. The quantitative estimate of drug-likeness (QED) is 0.407. The SMILES string of the molecule is CCc1ccc(OCC(=O)N(CCc2ccccc2)[C@@H](CC)C(=O)NC2CCCCC2)c(Br)c1. The lowest BCUT2D eigenvalue weighted by Gasteiger charge is -2.32. The maximum Gasteiger partial charge on any atom is 0.261 e. The maximum atomic E-state index is 13.4. The third-order valence-electron chi connectivity index (χ3n) is 6.58. The molecule has 2 aromatic rings. The number of ether oxygens (including phenoxy) is 1. The smallest absolute Gasteiger partial charge is 0.261 e. The number of nitrogens with zero attached hydrogens (tertiary/aromatic N) is 1. The van der Waals surface area contributed by atoms with Gasteiger partial charge in [-0.05, 0) is 71.3 Å². The second-order valence-corrected chi connectivity index (χ2v) is 9.85. The lowest BCUT2D eigenvalue weighted by Crippen LogP contribution is -2.53. The number of hydrogen-bond acceptors (Lipinski definition) is 3. The second-order valence-electron chi connectivity index (χ2n) is 9.00. The number of aryl methyl sites for hydroxylation is 1. The zero-order valence-electron chi connectivity index (χ0n) is 20.4. The molecule has 1 aliphatic carbocycles. The number of carbonyl (C=O) groups excluding carboxylic acids is 2. The van der Waals surface area contributed by atoms with Crippen LogP contribution in [0.3, 0.4) is 0 Å². The molecule has 5 nitrogen and oxygen atoms in total. The molecule has 0 spiro atoms. The van der Waals surface area contributed by atoms with Crippen LogP contribution in [-0.4, -0.2) is 41.9 Å². The summed E-state index contributed by atoms with van der Waals surface area (Å²) < 4.78 is 6.72. The van der Waals surface area contributed by atoms with Gasteiger partial charge in [0.1, 0.15) is 11.8 Å². The Morgan fingerprint density at radius 1 is 1.06 bits per heavy atom. The lowest BCUT2D eigenvalue weighted by atomic mass is 9.95. The highest BCUT2D eigenvalue weighted by atomic mass is 79.9. The summed E-state index contributed by atoms with van der Waals surface area (Å²) in [6.45, 7) is 4.43. The van der Waals surface area contributed by atoms with Crippen LogP contribution in [0.25, 0.3) is 0 Å². The molecule has 1 atom stereocenters. The summed E-state index contributed by atoms with van der Waals surface area (Å²) in [7, 11) is 0. The molecule has 0 unspecified atom stereocenters. The zero-order valence-corrected chi connectivity index (χ0v) is 22.0. The van der Waals surface area contributed by atoms with Crippen molar-refractivity contribution in [2.75, 3.05) is 13.2 Å². The van der Waals surface area contributed by atoms with Gasteiger partial charge in [-0.1, -0.05) is 69.5 Å². The molecule has 3 rings (SSSR count). The van der Waals surface area contributed by atoms with Crippen LogP contribution in [0.15, 0.2) is 53.0 Å². The minimum Gasteiger partial charge on any atom is -0.483 e. The Morgan fingerprint density at radius 2 is 1.79 bits per heavy atom. The molecule has 0 saturated heterocycles. The van der Waals surface area contributed by atoms with Gasteiger partial charge in [-0.2, -0.15) is 0 Å². The summed E-state index contributed by atoms with van der Waals surface area (Å²) in [5.74, 6) is 0.408. The van der Waals surface area contributed by atoms with Gasteiger partial charge in [0, 0.05) is 12.6 Å². The Bertz CT molecular complexity index is 929. The molecule has 184 valence electrons. The summed E-state index contributed by atoms with van der Waals surface area (Å²) in [6.07, 6.45) is 7.76. The van der Waals surface area contributed by atoms with Crippen LogP contribution in [0.5, 0.6) is 5.75 Å². The van der Waals surface area contributed by atoms with E-state index in [1.54, 1.807) is 4.90 Å². The molecular weight excluding hydrogens is 492 g/mol. The first-order valence-corrected chi connectivity index (χ1v) is 13.4. The Hall–Kier alpha value is -2.34. The van der Waals surface area contributed by atoms with Gasteiger partial charge in [0.05, 0.1) is 4.47 Å². The molecule has 6 heteroatoms. The molecule has 0 heterocycles. The Balaban J connectivity index is 1.71. The van der Waals surface area contributed by atoms with Crippen molar-refractivity contribution in [2.45, 2.75) is 77.3 Å². The topological polar surface area (TPSA) is 58.6 Å². The first-order chi connectivity index (χ1) is 16.5. The van der Waals surface area contributed by atoms with E-state index in [1.165, 1.54) is 12.0 Å². The Kier molecular flexibility index (Phi) is 10.4. The largest absolute Gasteiger partial charge is 0.483 e. The fourth-order valence-corrected chi connectivity index (χ4v) is 5.08. The molecule has 2 amide bonds. The number of hydrogen-bond donors (Lipinski definition) is 1. The fraction of sp³-hybridized carbons (Fsp3) is 0.500. The van der Waals surface area contributed by atoms with Crippen LogP contribution in [0, 0.1) is 0 Å². The van der Waals surface area contributed by atoms with Crippen LogP contribution >= 0.6 is 15.9 Å². The Labute approximate surface area is 212 Å². The number of amides is 2. The lowest BCUT2D eigenvalue weighted by molar-refractivity contribution is -0.142. The molecular formula is C28H37BrN2O3. The van der Waals surface area contributed by atoms with Crippen molar-refractivity contribution >= 4 is 27.7 Å². The van der Waals surface area contributed by atoms with Crippen molar-refractivity contribution in [3.8, 4) is 5.75 Å². The summed E-state index contributed by atoms with van der Waals surface area (Å²) in [5, 5.41) is 3.22. The maximum absolute atomic E-state index is 13.4. The van der Waals surface area contributed by atoms with Crippen molar-refractivity contribution in [3.05, 3.63) is 64.1 Å². The zero-order chi connectivity index (χ0) is 24.3. The van der Waals surface area contributed by atoms with E-state index < -0.39 is 6.04 Å². The van der Waals surface area contributed by atoms with E-state index in [-0.39, 0.29) is 24.5 Å². The average molecular weight is 530 g/mol. The van der Waals surface area contributed by atoms with E-state index >= 15 is 0 Å². The number of carbonyl (C=O) groups is 2. The van der Waals surface area contributed by atoms with Gasteiger partial charge in [-0.3, -0.25) is 9.59 Å². The van der Waals surface area contributed by atoms with Gasteiger partial charge in [-0.15, -0.1) is 0 Å². The van der Waals surface area contributed by atoms with Gasteiger partial charge in [-0.25, -0.2) is 0 Å². The molecule has 1 aliphatic rings. The Morgan fingerprint density at radius 3 is 2.44 bits per heavy atom. The first kappa shape index (κ1) is 26.3. The molecule has 0 radical (unpaired) electrons. The van der Waals surface area contributed by atoms with Gasteiger partial charge in [0.25, 0.3) is 5.91 Å². The molecule has 34 heavy (non-hydrogen) atoms. The van der Waals surface area contributed by atoms with Gasteiger partial charge in [0.2, 0.25) is 5.91 Å². The molecule has 1 fully saturated rings. The van der Waals surface area contributed by atoms with Crippen molar-refractivity contribution in [1.29, 1.82) is 0 Å². The minimum atomic E-state index is -0.507. The standard InChI is InChI=1S/C28H37BrN2O3/c1-3-21-15-16-26(24(29)19-21)34-20-27(32)31(18-17-22-11-7-5-8-12-22)25(4-2)28(33)30-23-13-9-6-10-14-23/h5,7-8,11-12,15-16,19,23,25H,3-4,6,9-10,13-14,17-18,20H2,1-2H3,(H,30,33)/t25-/m0/s1. The van der Waals surface area contributed by atoms with Crippen LogP contribution < -0.4 is 10.1 Å². The van der Waals surface area contributed by atoms with E-state index in [0.29, 0.717) is 25.1 Å². The third kappa shape index (κ3) is 7.59. The van der Waals surface area contributed by atoms with E-state index in [4.69, 9.17) is 4.74 Å². The average Bonchev–Trinajstić information content (AvgIpc) is 2.86. The highest BCUT2D eigenvalue weighted by Crippen LogP contribution is 2.26. The van der Waals surface area contributed by atoms with Crippen molar-refractivity contribution in [3.63, 3.8) is 0 Å². The van der Waals surface area contributed by atoms with Gasteiger partial charge in [0.15, 0.2) is 6.61 Å². The minimum absolute atomic E-state index is 0.0516. The molecule has 2 aromatic carbocycles. The summed E-state index contributed by atoms with van der Waals surface area (Å²) >= 11 is 3.54. The van der Waals surface area contributed by atoms with Crippen molar-refractivity contribution < 1.29 is 14.3 Å². The molecule has 0 bridgehead atoms. The van der Waals surface area contributed by atoms with Crippen LogP contribution in [0.1, 0.15) is 63.5 Å². The molecule has 0 aliphatic heterocycles. The van der Waals surface area contributed by atoms with E-state index in [2.05, 4.69) is 40.3 Å². The van der Waals surface area contributed by atoms with Gasteiger partial charge >= 0.3 is 0 Å². The van der Waals surface area contributed by atoms with E-state index in [9.17, 15) is 9.59 Å². The molecule has 1 N–H and O–H groups in total. The normalized spacial score (nSPS) is 14.9. The second kappa shape index (κ2) is 13.5. The third-order valence-corrected chi connectivity index (χ3v) is 7.20. The van der Waals surface area contributed by atoms with Crippen LogP contribution in [0.2, 0.25) is 0 Å². The molecule has 1 saturated carbocycles. The summed E-state index contributed by atoms with van der Waals surface area (Å²) in [4.78, 5) is 28.3. The number of benzene rings is 2. The van der Waals surface area contributed by atoms with E-state index in [1.807, 2.05) is 43.3 Å². The van der Waals surface area contributed by atoms with Crippen LogP contribution in [-0.2, 0) is 22.4 Å². The van der Waals surface area contributed by atoms with Crippen molar-refractivity contribution in [2.24, 2.45) is 0 Å². The predicted molar refractivity (Wildman–Crippen MR) is 140 cm³/mol. The highest BCUT2D eigenvalue weighted by Gasteiger charge is 2.30. The van der Waals surface area contributed by atoms with Gasteiger partial charge < -0.3 is 15.0 Å². The fourth-order valence-electron chi connectivity index (χ4n) is 4.54. The summed E-state index contributed by atoms with van der Waals surface area (Å²) in [6, 6.07) is 15.7. The first-order valence-electron chi connectivity index (χ1n) is 12.6. The highest BCUT2D eigenvalue weighted by molar-refractivity contribution is 9.10. The number of halogens is 1.